The molecule has 4 heteroatoms. The zero-order chi connectivity index (χ0) is 19.8. The highest BCUT2D eigenvalue weighted by molar-refractivity contribution is 6.99. The molecular formula is C23H29ClO2Si. The van der Waals surface area contributed by atoms with Crippen molar-refractivity contribution in [3.05, 3.63) is 60.7 Å². The van der Waals surface area contributed by atoms with Crippen LogP contribution >= 0.6 is 11.6 Å². The molecule has 1 N–H and O–H groups in total. The highest BCUT2D eigenvalue weighted by Gasteiger charge is 2.49. The molecule has 0 radical (unpaired) electrons. The SMILES string of the molecule is CC(C)(C)[Si](OCC#CCC(O)CCCl)(c1ccccc1)c1ccccc1. The summed E-state index contributed by atoms with van der Waals surface area (Å²) in [5.41, 5.74) is 0. The Balaban J connectivity index is 2.35. The first-order valence-electron chi connectivity index (χ1n) is 9.36. The van der Waals surface area contributed by atoms with Crippen molar-refractivity contribution >= 4 is 30.3 Å². The summed E-state index contributed by atoms with van der Waals surface area (Å²) in [6.45, 7) is 7.09. The van der Waals surface area contributed by atoms with Crippen molar-refractivity contribution in [1.82, 2.24) is 0 Å². The van der Waals surface area contributed by atoms with E-state index in [1.165, 1.54) is 10.4 Å². The first-order chi connectivity index (χ1) is 12.9. The second kappa shape index (κ2) is 10.1. The summed E-state index contributed by atoms with van der Waals surface area (Å²) < 4.78 is 6.67. The lowest BCUT2D eigenvalue weighted by Crippen LogP contribution is -2.66. The van der Waals surface area contributed by atoms with Gasteiger partial charge in [-0.3, -0.25) is 0 Å². The minimum absolute atomic E-state index is 0.0600. The van der Waals surface area contributed by atoms with Gasteiger partial charge in [0.15, 0.2) is 0 Å². The smallest absolute Gasteiger partial charge is 0.262 e. The molecule has 2 rings (SSSR count). The van der Waals surface area contributed by atoms with Gasteiger partial charge in [-0.15, -0.1) is 11.6 Å². The van der Waals surface area contributed by atoms with Gasteiger partial charge in [-0.25, -0.2) is 0 Å². The van der Waals surface area contributed by atoms with Crippen molar-refractivity contribution in [1.29, 1.82) is 0 Å². The Labute approximate surface area is 169 Å². The number of rotatable bonds is 7. The van der Waals surface area contributed by atoms with E-state index in [1.807, 2.05) is 12.1 Å². The van der Waals surface area contributed by atoms with Gasteiger partial charge in [-0.05, 0) is 21.8 Å². The minimum Gasteiger partial charge on any atom is -0.396 e. The average molecular weight is 401 g/mol. The van der Waals surface area contributed by atoms with E-state index in [4.69, 9.17) is 16.0 Å². The van der Waals surface area contributed by atoms with Gasteiger partial charge < -0.3 is 9.53 Å². The number of aliphatic hydroxyl groups excluding tert-OH is 1. The van der Waals surface area contributed by atoms with E-state index in [0.29, 0.717) is 25.3 Å². The average Bonchev–Trinajstić information content (AvgIpc) is 2.65. The molecule has 1 atom stereocenters. The fourth-order valence-corrected chi connectivity index (χ4v) is 8.07. The van der Waals surface area contributed by atoms with Gasteiger partial charge >= 0.3 is 0 Å². The molecule has 0 heterocycles. The Hall–Kier alpha value is -1.57. The molecule has 144 valence electrons. The number of benzene rings is 2. The third-order valence-electron chi connectivity index (χ3n) is 4.68. The Morgan fingerprint density at radius 1 is 0.963 bits per heavy atom. The molecule has 0 saturated carbocycles. The number of hydrogen-bond donors (Lipinski definition) is 1. The van der Waals surface area contributed by atoms with Crippen molar-refractivity contribution in [2.45, 2.75) is 44.8 Å². The Morgan fingerprint density at radius 3 is 1.93 bits per heavy atom. The third-order valence-corrected chi connectivity index (χ3v) is 9.88. The molecule has 2 nitrogen and oxygen atoms in total. The summed E-state index contributed by atoms with van der Waals surface area (Å²) in [5.74, 6) is 6.58. The van der Waals surface area contributed by atoms with Crippen molar-refractivity contribution in [2.75, 3.05) is 12.5 Å². The standard InChI is InChI=1S/C23H29ClO2Si/c1-23(2,3)27(21-13-6-4-7-14-21,22-15-8-5-9-16-22)26-19-11-10-12-20(25)17-18-24/h4-9,13-16,20,25H,12,17-19H2,1-3H3. The number of aliphatic hydroxyl groups is 1. The summed E-state index contributed by atoms with van der Waals surface area (Å²) >= 11 is 5.65. The van der Waals surface area contributed by atoms with E-state index >= 15 is 0 Å². The number of hydrogen-bond acceptors (Lipinski definition) is 2. The van der Waals surface area contributed by atoms with Crippen LogP contribution < -0.4 is 10.4 Å². The minimum atomic E-state index is -2.53. The first kappa shape index (κ1) is 21.7. The monoisotopic (exact) mass is 400 g/mol. The Bertz CT molecular complexity index is 705. The number of halogens is 1. The summed E-state index contributed by atoms with van der Waals surface area (Å²) in [6.07, 6.45) is 0.519. The molecule has 0 aliphatic rings. The quantitative estimate of drug-likeness (QED) is 0.433. The predicted octanol–water partition coefficient (Wildman–Crippen LogP) is 3.95. The van der Waals surface area contributed by atoms with E-state index in [2.05, 4.69) is 81.1 Å². The zero-order valence-electron chi connectivity index (χ0n) is 16.4. The summed E-state index contributed by atoms with van der Waals surface area (Å²) in [5, 5.41) is 12.2. The van der Waals surface area contributed by atoms with E-state index in [9.17, 15) is 5.11 Å². The molecule has 0 spiro atoms. The van der Waals surface area contributed by atoms with Crippen LogP contribution in [0.3, 0.4) is 0 Å². The molecule has 1 unspecified atom stereocenters. The highest BCUT2D eigenvalue weighted by atomic mass is 35.5. The zero-order valence-corrected chi connectivity index (χ0v) is 18.2. The summed E-state index contributed by atoms with van der Waals surface area (Å²) in [6, 6.07) is 21.0. The topological polar surface area (TPSA) is 29.5 Å². The fourth-order valence-electron chi connectivity index (χ4n) is 3.37. The molecule has 0 amide bonds. The van der Waals surface area contributed by atoms with Crippen LogP contribution in [0.4, 0.5) is 0 Å². The van der Waals surface area contributed by atoms with Crippen LogP contribution in [0.1, 0.15) is 33.6 Å². The lowest BCUT2D eigenvalue weighted by molar-refractivity contribution is 0.177. The second-order valence-electron chi connectivity index (χ2n) is 7.64. The number of alkyl halides is 1. The predicted molar refractivity (Wildman–Crippen MR) is 117 cm³/mol. The molecule has 0 aliphatic heterocycles. The van der Waals surface area contributed by atoms with E-state index in [1.54, 1.807) is 0 Å². The molecule has 0 fully saturated rings. The molecule has 0 bridgehead atoms. The van der Waals surface area contributed by atoms with E-state index in [-0.39, 0.29) is 5.04 Å². The Morgan fingerprint density at radius 2 is 1.48 bits per heavy atom. The van der Waals surface area contributed by atoms with Crippen LogP contribution in [-0.4, -0.2) is 32.0 Å². The van der Waals surface area contributed by atoms with Gasteiger partial charge in [0, 0.05) is 12.3 Å². The van der Waals surface area contributed by atoms with Gasteiger partial charge in [-0.2, -0.15) is 0 Å². The maximum atomic E-state index is 9.77. The largest absolute Gasteiger partial charge is 0.396 e. The van der Waals surface area contributed by atoms with Crippen LogP contribution in [0.25, 0.3) is 0 Å². The molecule has 2 aromatic rings. The molecule has 0 aromatic heterocycles. The van der Waals surface area contributed by atoms with E-state index in [0.717, 1.165) is 0 Å². The fraction of sp³-hybridized carbons (Fsp3) is 0.391. The molecular weight excluding hydrogens is 372 g/mol. The Kier molecular flexibility index (Phi) is 8.13. The third kappa shape index (κ3) is 5.46. The summed E-state index contributed by atoms with van der Waals surface area (Å²) in [7, 11) is -2.53. The maximum absolute atomic E-state index is 9.77. The van der Waals surface area contributed by atoms with Crippen LogP contribution in [0.5, 0.6) is 0 Å². The normalized spacial score (nSPS) is 12.9. The maximum Gasteiger partial charge on any atom is 0.262 e. The van der Waals surface area contributed by atoms with Crippen molar-refractivity contribution in [3.63, 3.8) is 0 Å². The summed E-state index contributed by atoms with van der Waals surface area (Å²) in [4.78, 5) is 0. The first-order valence-corrected chi connectivity index (χ1v) is 11.8. The second-order valence-corrected chi connectivity index (χ2v) is 12.3. The van der Waals surface area contributed by atoms with Crippen LogP contribution in [0, 0.1) is 11.8 Å². The molecule has 0 aliphatic carbocycles. The van der Waals surface area contributed by atoms with Crippen LogP contribution in [-0.2, 0) is 4.43 Å². The molecule has 2 aromatic carbocycles. The van der Waals surface area contributed by atoms with Crippen molar-refractivity contribution in [2.24, 2.45) is 0 Å². The van der Waals surface area contributed by atoms with Crippen molar-refractivity contribution in [3.8, 4) is 11.8 Å². The van der Waals surface area contributed by atoms with Gasteiger partial charge in [0.05, 0.1) is 12.7 Å². The molecule has 27 heavy (non-hydrogen) atoms. The van der Waals surface area contributed by atoms with Gasteiger partial charge in [0.1, 0.15) is 0 Å². The van der Waals surface area contributed by atoms with E-state index < -0.39 is 14.4 Å². The van der Waals surface area contributed by atoms with Gasteiger partial charge in [0.2, 0.25) is 0 Å². The van der Waals surface area contributed by atoms with Gasteiger partial charge in [-0.1, -0.05) is 93.3 Å². The highest BCUT2D eigenvalue weighted by Crippen LogP contribution is 2.36. The van der Waals surface area contributed by atoms with Crippen molar-refractivity contribution < 1.29 is 9.53 Å². The van der Waals surface area contributed by atoms with Crippen LogP contribution in [0.2, 0.25) is 5.04 Å². The lowest BCUT2D eigenvalue weighted by atomic mass is 10.2. The van der Waals surface area contributed by atoms with Crippen LogP contribution in [0.15, 0.2) is 60.7 Å². The van der Waals surface area contributed by atoms with Gasteiger partial charge in [0.25, 0.3) is 8.32 Å². The lowest BCUT2D eigenvalue weighted by Gasteiger charge is -2.42. The molecule has 0 saturated heterocycles.